The summed E-state index contributed by atoms with van der Waals surface area (Å²) in [4.78, 5) is 0. The summed E-state index contributed by atoms with van der Waals surface area (Å²) >= 11 is 0. The Kier molecular flexibility index (Phi) is 37.3. The highest BCUT2D eigenvalue weighted by Gasteiger charge is 2.23. The number of rotatable bonds is 38. The Hall–Kier alpha value is 0.430. The molecule has 0 saturated heterocycles. The van der Waals surface area contributed by atoms with E-state index < -0.39 is 0 Å². The SMILES string of the molecule is CCCCCCCCCCCCCCCCC(P)(CCCCCCCCC)CCCCCCCCCCCCCCCC. The molecule has 0 aliphatic heterocycles. The largest absolute Gasteiger partial charge is 0.131 e. The molecule has 0 aromatic heterocycles. The summed E-state index contributed by atoms with van der Waals surface area (Å²) < 4.78 is 0. The van der Waals surface area contributed by atoms with E-state index in [9.17, 15) is 0 Å². The summed E-state index contributed by atoms with van der Waals surface area (Å²) in [5.41, 5.74) is 0. The first-order valence-electron chi connectivity index (χ1n) is 21.0. The quantitative estimate of drug-likeness (QED) is 0.0475. The van der Waals surface area contributed by atoms with E-state index in [-0.39, 0.29) is 0 Å². The van der Waals surface area contributed by atoms with Crippen molar-refractivity contribution in [3.05, 3.63) is 0 Å². The van der Waals surface area contributed by atoms with Crippen LogP contribution in [0, 0.1) is 0 Å². The van der Waals surface area contributed by atoms with Crippen LogP contribution in [-0.2, 0) is 0 Å². The number of unbranched alkanes of at least 4 members (excludes halogenated alkanes) is 32. The van der Waals surface area contributed by atoms with Gasteiger partial charge in [0.1, 0.15) is 0 Å². The van der Waals surface area contributed by atoms with Gasteiger partial charge in [0.2, 0.25) is 0 Å². The summed E-state index contributed by atoms with van der Waals surface area (Å²) in [5.74, 6) is 0. The molecule has 0 aromatic rings. The van der Waals surface area contributed by atoms with E-state index >= 15 is 0 Å². The lowest BCUT2D eigenvalue weighted by Gasteiger charge is -2.30. The maximum Gasteiger partial charge on any atom is -0.0150 e. The Bertz CT molecular complexity index is 453. The molecule has 0 aliphatic carbocycles. The Labute approximate surface area is 278 Å². The molecule has 0 aliphatic rings. The molecule has 0 saturated carbocycles. The minimum absolute atomic E-state index is 0.539. The highest BCUT2D eigenvalue weighted by Crippen LogP contribution is 2.37. The Morgan fingerprint density at radius 1 is 0.233 bits per heavy atom. The normalized spacial score (nSPS) is 12.0. The fourth-order valence-corrected chi connectivity index (χ4v) is 7.76. The van der Waals surface area contributed by atoms with Crippen molar-refractivity contribution < 1.29 is 0 Å². The van der Waals surface area contributed by atoms with E-state index in [0.29, 0.717) is 5.16 Å². The molecular formula is C42H87P. The molecule has 0 amide bonds. The fourth-order valence-electron chi connectivity index (χ4n) is 7.15. The molecule has 0 bridgehead atoms. The first-order chi connectivity index (χ1) is 21.2. The first-order valence-corrected chi connectivity index (χ1v) is 21.5. The Morgan fingerprint density at radius 3 is 0.535 bits per heavy atom. The predicted octanol–water partition coefficient (Wildman–Crippen LogP) is 16.5. The van der Waals surface area contributed by atoms with Crippen LogP contribution in [0.15, 0.2) is 0 Å². The predicted molar refractivity (Wildman–Crippen MR) is 205 cm³/mol. The Balaban J connectivity index is 3.95. The van der Waals surface area contributed by atoms with Gasteiger partial charge in [-0.1, -0.05) is 245 Å². The second kappa shape index (κ2) is 36.9. The van der Waals surface area contributed by atoms with Crippen LogP contribution in [0.1, 0.15) is 265 Å². The third-order valence-electron chi connectivity index (χ3n) is 10.3. The van der Waals surface area contributed by atoms with Gasteiger partial charge in [0.15, 0.2) is 0 Å². The van der Waals surface area contributed by atoms with Crippen LogP contribution >= 0.6 is 9.24 Å². The van der Waals surface area contributed by atoms with Crippen molar-refractivity contribution in [1.82, 2.24) is 0 Å². The average molecular weight is 623 g/mol. The summed E-state index contributed by atoms with van der Waals surface area (Å²) in [6, 6.07) is 0. The van der Waals surface area contributed by atoms with Gasteiger partial charge in [-0.2, -0.15) is 0 Å². The van der Waals surface area contributed by atoms with Crippen LogP contribution in [-0.4, -0.2) is 5.16 Å². The molecular weight excluding hydrogens is 535 g/mol. The fraction of sp³-hybridized carbons (Fsp3) is 1.00. The van der Waals surface area contributed by atoms with Gasteiger partial charge in [-0.15, -0.1) is 9.24 Å². The van der Waals surface area contributed by atoms with Gasteiger partial charge in [0, 0.05) is 0 Å². The van der Waals surface area contributed by atoms with Crippen molar-refractivity contribution in [2.75, 3.05) is 0 Å². The summed E-state index contributed by atoms with van der Waals surface area (Å²) in [6.07, 6.45) is 55.7. The van der Waals surface area contributed by atoms with Gasteiger partial charge >= 0.3 is 0 Å². The summed E-state index contributed by atoms with van der Waals surface area (Å²) in [7, 11) is 3.42. The van der Waals surface area contributed by atoms with Gasteiger partial charge in [0.05, 0.1) is 0 Å². The molecule has 260 valence electrons. The van der Waals surface area contributed by atoms with E-state index in [1.165, 1.54) is 244 Å². The summed E-state index contributed by atoms with van der Waals surface area (Å²) in [6.45, 7) is 6.96. The molecule has 0 radical (unpaired) electrons. The number of hydrogen-bond donors (Lipinski definition) is 0. The standard InChI is InChI=1S/C42H87P/c1-4-7-10-13-16-18-20-22-24-26-28-31-34-37-40-42(43,39-36-33-30-15-12-9-6-3)41-38-35-32-29-27-25-23-21-19-17-14-11-8-5-2/h4-41,43H2,1-3H3. The first kappa shape index (κ1) is 43.4. The minimum atomic E-state index is 0.539. The van der Waals surface area contributed by atoms with E-state index in [4.69, 9.17) is 0 Å². The van der Waals surface area contributed by atoms with Crippen molar-refractivity contribution in [1.29, 1.82) is 0 Å². The van der Waals surface area contributed by atoms with Gasteiger partial charge in [-0.25, -0.2) is 0 Å². The molecule has 0 spiro atoms. The van der Waals surface area contributed by atoms with Crippen LogP contribution < -0.4 is 0 Å². The molecule has 0 rings (SSSR count). The van der Waals surface area contributed by atoms with Gasteiger partial charge in [-0.3, -0.25) is 0 Å². The zero-order valence-electron chi connectivity index (χ0n) is 30.9. The van der Waals surface area contributed by atoms with Crippen LogP contribution in [0.4, 0.5) is 0 Å². The number of hydrogen-bond acceptors (Lipinski definition) is 0. The van der Waals surface area contributed by atoms with Gasteiger partial charge in [-0.05, 0) is 24.4 Å². The molecule has 1 heteroatoms. The Morgan fingerprint density at radius 2 is 0.372 bits per heavy atom. The van der Waals surface area contributed by atoms with Crippen molar-refractivity contribution in [2.24, 2.45) is 0 Å². The van der Waals surface area contributed by atoms with Crippen molar-refractivity contribution in [3.63, 3.8) is 0 Å². The zero-order chi connectivity index (χ0) is 31.4. The van der Waals surface area contributed by atoms with Crippen LogP contribution in [0.25, 0.3) is 0 Å². The second-order valence-electron chi connectivity index (χ2n) is 14.9. The maximum absolute atomic E-state index is 3.42. The zero-order valence-corrected chi connectivity index (χ0v) is 32.1. The second-order valence-corrected chi connectivity index (χ2v) is 16.2. The smallest absolute Gasteiger partial charge is 0.0150 e. The minimum Gasteiger partial charge on any atom is -0.131 e. The summed E-state index contributed by atoms with van der Waals surface area (Å²) in [5, 5.41) is 0.539. The molecule has 43 heavy (non-hydrogen) atoms. The monoisotopic (exact) mass is 623 g/mol. The van der Waals surface area contributed by atoms with Crippen molar-refractivity contribution in [2.45, 2.75) is 270 Å². The van der Waals surface area contributed by atoms with E-state index in [0.717, 1.165) is 0 Å². The topological polar surface area (TPSA) is 0 Å². The highest BCUT2D eigenvalue weighted by molar-refractivity contribution is 7.19. The molecule has 0 N–H and O–H groups in total. The molecule has 1 unspecified atom stereocenters. The van der Waals surface area contributed by atoms with Crippen molar-refractivity contribution >= 4 is 9.24 Å². The van der Waals surface area contributed by atoms with E-state index in [2.05, 4.69) is 30.0 Å². The molecule has 0 fully saturated rings. The molecule has 0 heterocycles. The van der Waals surface area contributed by atoms with Crippen LogP contribution in [0.2, 0.25) is 0 Å². The lowest BCUT2D eigenvalue weighted by Crippen LogP contribution is -2.20. The maximum atomic E-state index is 3.42. The molecule has 0 aromatic carbocycles. The van der Waals surface area contributed by atoms with E-state index in [1.54, 1.807) is 0 Å². The van der Waals surface area contributed by atoms with Crippen LogP contribution in [0.5, 0.6) is 0 Å². The van der Waals surface area contributed by atoms with Gasteiger partial charge < -0.3 is 0 Å². The average Bonchev–Trinajstić information content (AvgIpc) is 3.01. The lowest BCUT2D eigenvalue weighted by molar-refractivity contribution is 0.401. The molecule has 1 atom stereocenters. The van der Waals surface area contributed by atoms with Gasteiger partial charge in [0.25, 0.3) is 0 Å². The van der Waals surface area contributed by atoms with Crippen molar-refractivity contribution in [3.8, 4) is 0 Å². The molecule has 0 nitrogen and oxygen atoms in total. The third-order valence-corrected chi connectivity index (χ3v) is 11.2. The van der Waals surface area contributed by atoms with E-state index in [1.807, 2.05) is 0 Å². The van der Waals surface area contributed by atoms with Crippen LogP contribution in [0.3, 0.4) is 0 Å². The highest BCUT2D eigenvalue weighted by atomic mass is 31.0. The third kappa shape index (κ3) is 35.1. The lowest BCUT2D eigenvalue weighted by atomic mass is 9.88.